The van der Waals surface area contributed by atoms with Gasteiger partial charge < -0.3 is 20.4 Å². The van der Waals surface area contributed by atoms with Gasteiger partial charge in [-0.05, 0) is 62.6 Å². The van der Waals surface area contributed by atoms with Gasteiger partial charge >= 0.3 is 0 Å². The third kappa shape index (κ3) is 4.62. The molecule has 2 aliphatic rings. The van der Waals surface area contributed by atoms with Crippen molar-refractivity contribution in [3.63, 3.8) is 0 Å². The van der Waals surface area contributed by atoms with E-state index in [1.807, 2.05) is 18.0 Å². The lowest BCUT2D eigenvalue weighted by Gasteiger charge is -2.33. The van der Waals surface area contributed by atoms with E-state index >= 15 is 0 Å². The Bertz CT molecular complexity index is 943. The molecule has 4 rings (SSSR count). The summed E-state index contributed by atoms with van der Waals surface area (Å²) >= 11 is 0. The van der Waals surface area contributed by atoms with E-state index in [1.54, 1.807) is 0 Å². The lowest BCUT2D eigenvalue weighted by atomic mass is 9.99. The number of nitrogens with one attached hydrogen (secondary N) is 2. The van der Waals surface area contributed by atoms with Gasteiger partial charge in [-0.1, -0.05) is 12.6 Å². The molecule has 0 spiro atoms. The molecule has 2 aliphatic heterocycles. The zero-order chi connectivity index (χ0) is 21.1. The molecular weight excluding hydrogens is 376 g/mol. The first-order chi connectivity index (χ1) is 14.5. The van der Waals surface area contributed by atoms with Crippen molar-refractivity contribution in [3.8, 4) is 0 Å². The number of likely N-dealkylation sites (N-methyl/N-ethyl adjacent to an activating group) is 1. The summed E-state index contributed by atoms with van der Waals surface area (Å²) in [7, 11) is 2.15. The van der Waals surface area contributed by atoms with Crippen LogP contribution in [0, 0.1) is 6.92 Å². The van der Waals surface area contributed by atoms with E-state index in [2.05, 4.69) is 52.3 Å². The molecule has 0 aliphatic carbocycles. The number of fused-ring (bicyclic) bond motifs is 1. The van der Waals surface area contributed by atoms with Gasteiger partial charge in [0.15, 0.2) is 0 Å². The summed E-state index contributed by atoms with van der Waals surface area (Å²) in [6.07, 6.45) is 6.28. The second-order valence-electron chi connectivity index (χ2n) is 8.29. The van der Waals surface area contributed by atoms with Crippen LogP contribution in [-0.2, 0) is 17.8 Å². The largest absolute Gasteiger partial charge is 0.365 e. The summed E-state index contributed by atoms with van der Waals surface area (Å²) in [6, 6.07) is 6.66. The quantitative estimate of drug-likeness (QED) is 0.744. The first-order valence-electron chi connectivity index (χ1n) is 10.6. The Morgan fingerprint density at radius 3 is 3.00 bits per heavy atom. The normalized spacial score (nSPS) is 19.1. The standard InChI is InChI=1S/C23H30N6O/c1-4-21(30)29-10-5-6-20(15-29)25-22-16(2)13-24-23(27-22)26-19-8-7-17-9-11-28(3)14-18(17)12-19/h4,7-8,12-13,20H,1,5-6,9-11,14-15H2,2-3H3,(H2,24,25,26,27). The third-order valence-corrected chi connectivity index (χ3v) is 5.89. The number of hydrogen-bond acceptors (Lipinski definition) is 6. The number of carbonyl (C=O) groups excluding carboxylic acids is 1. The van der Waals surface area contributed by atoms with Crippen molar-refractivity contribution in [1.29, 1.82) is 0 Å². The fourth-order valence-corrected chi connectivity index (χ4v) is 4.17. The lowest BCUT2D eigenvalue weighted by molar-refractivity contribution is -0.127. The molecule has 1 saturated heterocycles. The number of aromatic nitrogens is 2. The van der Waals surface area contributed by atoms with Crippen LogP contribution in [0.5, 0.6) is 0 Å². The lowest BCUT2D eigenvalue weighted by Crippen LogP contribution is -2.44. The van der Waals surface area contributed by atoms with Crippen LogP contribution in [0.25, 0.3) is 0 Å². The highest BCUT2D eigenvalue weighted by molar-refractivity contribution is 5.87. The molecule has 0 saturated carbocycles. The second kappa shape index (κ2) is 8.83. The number of amides is 1. The molecule has 1 amide bonds. The maximum absolute atomic E-state index is 12.0. The second-order valence-corrected chi connectivity index (χ2v) is 8.29. The number of benzene rings is 1. The van der Waals surface area contributed by atoms with Crippen LogP contribution in [0.3, 0.4) is 0 Å². The topological polar surface area (TPSA) is 73.4 Å². The van der Waals surface area contributed by atoms with Crippen LogP contribution in [0.1, 0.15) is 29.5 Å². The Kier molecular flexibility index (Phi) is 5.99. The van der Waals surface area contributed by atoms with Crippen molar-refractivity contribution in [1.82, 2.24) is 19.8 Å². The van der Waals surface area contributed by atoms with Crippen molar-refractivity contribution < 1.29 is 4.79 Å². The maximum Gasteiger partial charge on any atom is 0.246 e. The molecule has 1 fully saturated rings. The summed E-state index contributed by atoms with van der Waals surface area (Å²) in [5, 5.41) is 6.87. The molecule has 30 heavy (non-hydrogen) atoms. The van der Waals surface area contributed by atoms with Crippen LogP contribution in [0.2, 0.25) is 0 Å². The monoisotopic (exact) mass is 406 g/mol. The predicted molar refractivity (Wildman–Crippen MR) is 120 cm³/mol. The van der Waals surface area contributed by atoms with E-state index in [1.165, 1.54) is 17.2 Å². The minimum atomic E-state index is -0.0127. The Balaban J connectivity index is 1.46. The highest BCUT2D eigenvalue weighted by atomic mass is 16.2. The number of likely N-dealkylation sites (tertiary alicyclic amines) is 1. The minimum Gasteiger partial charge on any atom is -0.365 e. The molecule has 2 N–H and O–H groups in total. The van der Waals surface area contributed by atoms with Crippen LogP contribution < -0.4 is 10.6 Å². The van der Waals surface area contributed by atoms with E-state index in [-0.39, 0.29) is 11.9 Å². The SMILES string of the molecule is C=CC(=O)N1CCCC(Nc2nc(Nc3ccc4c(c3)CN(C)CC4)ncc2C)C1. The van der Waals surface area contributed by atoms with Gasteiger partial charge in [-0.25, -0.2) is 4.98 Å². The molecule has 7 heteroatoms. The molecule has 1 unspecified atom stereocenters. The summed E-state index contributed by atoms with van der Waals surface area (Å²) in [5.41, 5.74) is 4.76. The number of aryl methyl sites for hydroxylation is 1. The Morgan fingerprint density at radius 2 is 2.17 bits per heavy atom. The number of hydrogen-bond donors (Lipinski definition) is 2. The number of carbonyl (C=O) groups is 1. The van der Waals surface area contributed by atoms with Gasteiger partial charge in [-0.2, -0.15) is 4.98 Å². The fourth-order valence-electron chi connectivity index (χ4n) is 4.17. The van der Waals surface area contributed by atoms with Crippen molar-refractivity contribution in [3.05, 3.63) is 53.7 Å². The van der Waals surface area contributed by atoms with Crippen molar-refractivity contribution in [2.24, 2.45) is 0 Å². The van der Waals surface area contributed by atoms with Gasteiger partial charge in [0.25, 0.3) is 0 Å². The maximum atomic E-state index is 12.0. The van der Waals surface area contributed by atoms with Gasteiger partial charge in [0.2, 0.25) is 11.9 Å². The summed E-state index contributed by atoms with van der Waals surface area (Å²) in [4.78, 5) is 25.3. The van der Waals surface area contributed by atoms with E-state index in [9.17, 15) is 4.79 Å². The molecule has 1 aromatic carbocycles. The number of piperidine rings is 1. The molecule has 0 bridgehead atoms. The van der Waals surface area contributed by atoms with Crippen molar-refractivity contribution >= 4 is 23.4 Å². The highest BCUT2D eigenvalue weighted by Crippen LogP contribution is 2.24. The molecule has 0 radical (unpaired) electrons. The van der Waals surface area contributed by atoms with Gasteiger partial charge in [-0.3, -0.25) is 4.79 Å². The molecule has 2 aromatic rings. The average molecular weight is 407 g/mol. The third-order valence-electron chi connectivity index (χ3n) is 5.89. The number of rotatable bonds is 5. The van der Waals surface area contributed by atoms with Crippen LogP contribution in [0.15, 0.2) is 37.1 Å². The average Bonchev–Trinajstić information content (AvgIpc) is 2.75. The summed E-state index contributed by atoms with van der Waals surface area (Å²) in [5.74, 6) is 1.37. The molecular formula is C23H30N6O. The van der Waals surface area contributed by atoms with Gasteiger partial charge in [0.1, 0.15) is 5.82 Å². The van der Waals surface area contributed by atoms with E-state index < -0.39 is 0 Å². The van der Waals surface area contributed by atoms with E-state index in [0.717, 1.165) is 56.0 Å². The van der Waals surface area contributed by atoms with Crippen LogP contribution in [-0.4, -0.2) is 58.4 Å². The number of nitrogens with zero attached hydrogens (tertiary/aromatic N) is 4. The first-order valence-corrected chi connectivity index (χ1v) is 10.6. The predicted octanol–water partition coefficient (Wildman–Crippen LogP) is 3.11. The van der Waals surface area contributed by atoms with E-state index in [0.29, 0.717) is 12.5 Å². The zero-order valence-electron chi connectivity index (χ0n) is 17.8. The highest BCUT2D eigenvalue weighted by Gasteiger charge is 2.23. The first kappa shape index (κ1) is 20.3. The van der Waals surface area contributed by atoms with Gasteiger partial charge in [0, 0.05) is 49.7 Å². The Morgan fingerprint density at radius 1 is 1.30 bits per heavy atom. The zero-order valence-corrected chi connectivity index (χ0v) is 17.8. The summed E-state index contributed by atoms with van der Waals surface area (Å²) < 4.78 is 0. The van der Waals surface area contributed by atoms with Crippen LogP contribution >= 0.6 is 0 Å². The molecule has 158 valence electrons. The summed E-state index contributed by atoms with van der Waals surface area (Å²) in [6.45, 7) is 9.11. The molecule has 1 aromatic heterocycles. The fraction of sp³-hybridized carbons (Fsp3) is 0.435. The number of anilines is 3. The van der Waals surface area contributed by atoms with Crippen molar-refractivity contribution in [2.45, 2.75) is 38.8 Å². The smallest absolute Gasteiger partial charge is 0.246 e. The Labute approximate surface area is 178 Å². The minimum absolute atomic E-state index is 0.0127. The van der Waals surface area contributed by atoms with Gasteiger partial charge in [-0.15, -0.1) is 0 Å². The van der Waals surface area contributed by atoms with Crippen LogP contribution in [0.4, 0.5) is 17.5 Å². The van der Waals surface area contributed by atoms with Gasteiger partial charge in [0.05, 0.1) is 0 Å². The van der Waals surface area contributed by atoms with Crippen molar-refractivity contribution in [2.75, 3.05) is 37.3 Å². The Hall–Kier alpha value is -2.93. The molecule has 3 heterocycles. The molecule has 1 atom stereocenters. The van der Waals surface area contributed by atoms with E-state index in [4.69, 9.17) is 4.98 Å². The molecule has 7 nitrogen and oxygen atoms in total.